The van der Waals surface area contributed by atoms with Gasteiger partial charge in [-0.3, -0.25) is 14.9 Å². The van der Waals surface area contributed by atoms with Crippen LogP contribution in [0.2, 0.25) is 0 Å². The smallest absolute Gasteiger partial charge is 0.271 e. The lowest BCUT2D eigenvalue weighted by Crippen LogP contribution is -2.48. The number of likely N-dealkylation sites (tertiary alicyclic amines) is 1. The lowest BCUT2D eigenvalue weighted by Gasteiger charge is -2.36. The number of carbonyl (C=O) groups is 1. The predicted molar refractivity (Wildman–Crippen MR) is 76.6 cm³/mol. The third-order valence-electron chi connectivity index (χ3n) is 3.30. The number of β-amino-alcohol motifs (C(OH)–C–C–N with tert-alkyl or cyclic N) is 1. The number of nitro groups is 1. The van der Waals surface area contributed by atoms with Crippen molar-refractivity contribution in [1.29, 1.82) is 0 Å². The molecule has 0 radical (unpaired) electrons. The van der Waals surface area contributed by atoms with E-state index in [9.17, 15) is 20.0 Å². The van der Waals surface area contributed by atoms with Gasteiger partial charge >= 0.3 is 0 Å². The number of aliphatic hydroxyl groups is 1. The molecule has 1 aromatic rings. The molecule has 108 valence electrons. The number of benzene rings is 1. The molecule has 1 fully saturated rings. The van der Waals surface area contributed by atoms with Gasteiger partial charge in [-0.05, 0) is 25.8 Å². The van der Waals surface area contributed by atoms with Crippen molar-refractivity contribution in [2.24, 2.45) is 0 Å². The Morgan fingerprint density at radius 1 is 1.50 bits per heavy atom. The van der Waals surface area contributed by atoms with E-state index in [0.717, 1.165) is 6.42 Å². The number of hydrogen-bond donors (Lipinski definition) is 1. The van der Waals surface area contributed by atoms with Gasteiger partial charge in [0.2, 0.25) is 0 Å². The molecule has 0 saturated carbocycles. The van der Waals surface area contributed by atoms with Crippen LogP contribution in [0, 0.1) is 10.1 Å². The Morgan fingerprint density at radius 2 is 2.20 bits per heavy atom. The molecule has 0 spiro atoms. The van der Waals surface area contributed by atoms with E-state index < -0.39 is 10.5 Å². The Morgan fingerprint density at radius 3 is 2.80 bits per heavy atom. The minimum atomic E-state index is -0.897. The average Bonchev–Trinajstić information content (AvgIpc) is 2.35. The molecule has 1 aliphatic heterocycles. The Balaban J connectivity index is 2.27. The van der Waals surface area contributed by atoms with E-state index in [1.54, 1.807) is 13.0 Å². The Kier molecular flexibility index (Phi) is 4.10. The van der Waals surface area contributed by atoms with E-state index in [4.69, 9.17) is 0 Å². The van der Waals surface area contributed by atoms with E-state index >= 15 is 0 Å². The molecule has 0 aromatic heterocycles. The Bertz CT molecular complexity index is 559. The molecule has 1 amide bonds. The highest BCUT2D eigenvalue weighted by molar-refractivity contribution is 9.10. The first-order chi connectivity index (χ1) is 9.28. The maximum Gasteiger partial charge on any atom is 0.271 e. The predicted octanol–water partition coefficient (Wildman–Crippen LogP) is 2.34. The van der Waals surface area contributed by atoms with Crippen LogP contribution in [0.15, 0.2) is 22.7 Å². The molecule has 1 aliphatic rings. The molecule has 0 bridgehead atoms. The first-order valence-corrected chi connectivity index (χ1v) is 7.04. The summed E-state index contributed by atoms with van der Waals surface area (Å²) in [6.07, 6.45) is 1.37. The number of nitrogens with zero attached hydrogens (tertiary/aromatic N) is 2. The molecule has 7 heteroatoms. The Hall–Kier alpha value is -1.47. The van der Waals surface area contributed by atoms with Crippen LogP contribution in [0.25, 0.3) is 0 Å². The van der Waals surface area contributed by atoms with Crippen molar-refractivity contribution in [2.75, 3.05) is 13.1 Å². The van der Waals surface area contributed by atoms with Crippen LogP contribution in [0.5, 0.6) is 0 Å². The standard InChI is InChI=1S/C13H15BrN2O4/c1-13(18)3-2-4-15(8-13)12(17)9-5-10(14)7-11(6-9)16(19)20/h5-7,18H,2-4,8H2,1H3. The second kappa shape index (κ2) is 5.49. The first kappa shape index (κ1) is 14.9. The number of piperidine rings is 1. The maximum atomic E-state index is 12.4. The molecule has 2 rings (SSSR count). The van der Waals surface area contributed by atoms with Crippen molar-refractivity contribution in [2.45, 2.75) is 25.4 Å². The lowest BCUT2D eigenvalue weighted by atomic mass is 9.94. The zero-order valence-corrected chi connectivity index (χ0v) is 12.6. The second-order valence-electron chi connectivity index (χ2n) is 5.28. The van der Waals surface area contributed by atoms with Crippen molar-refractivity contribution < 1.29 is 14.8 Å². The second-order valence-corrected chi connectivity index (χ2v) is 6.20. The van der Waals surface area contributed by atoms with Crippen LogP contribution >= 0.6 is 15.9 Å². The monoisotopic (exact) mass is 342 g/mol. The molecule has 1 atom stereocenters. The molecule has 20 heavy (non-hydrogen) atoms. The number of rotatable bonds is 2. The number of halogens is 1. The van der Waals surface area contributed by atoms with Gasteiger partial charge < -0.3 is 10.0 Å². The molecule has 1 unspecified atom stereocenters. The number of hydrogen-bond acceptors (Lipinski definition) is 4. The highest BCUT2D eigenvalue weighted by Gasteiger charge is 2.31. The van der Waals surface area contributed by atoms with E-state index in [1.165, 1.54) is 17.0 Å². The molecule has 6 nitrogen and oxygen atoms in total. The maximum absolute atomic E-state index is 12.4. The van der Waals surface area contributed by atoms with Gasteiger partial charge in [-0.2, -0.15) is 0 Å². The van der Waals surface area contributed by atoms with Gasteiger partial charge in [0.25, 0.3) is 11.6 Å². The Labute approximate surface area is 124 Å². The highest BCUT2D eigenvalue weighted by atomic mass is 79.9. The molecular formula is C13H15BrN2O4. The summed E-state index contributed by atoms with van der Waals surface area (Å²) >= 11 is 3.17. The third kappa shape index (κ3) is 3.34. The van der Waals surface area contributed by atoms with Crippen molar-refractivity contribution in [1.82, 2.24) is 4.90 Å². The topological polar surface area (TPSA) is 83.7 Å². The summed E-state index contributed by atoms with van der Waals surface area (Å²) in [7, 11) is 0. The summed E-state index contributed by atoms with van der Waals surface area (Å²) < 4.78 is 0.485. The van der Waals surface area contributed by atoms with E-state index in [0.29, 0.717) is 17.4 Å². The summed E-state index contributed by atoms with van der Waals surface area (Å²) in [5, 5.41) is 20.9. The van der Waals surface area contributed by atoms with Crippen molar-refractivity contribution in [3.8, 4) is 0 Å². The van der Waals surface area contributed by atoms with E-state index in [2.05, 4.69) is 15.9 Å². The van der Waals surface area contributed by atoms with Gasteiger partial charge in [0.15, 0.2) is 0 Å². The van der Waals surface area contributed by atoms with Gasteiger partial charge in [0.05, 0.1) is 10.5 Å². The van der Waals surface area contributed by atoms with Crippen molar-refractivity contribution in [3.05, 3.63) is 38.3 Å². The quantitative estimate of drug-likeness (QED) is 0.660. The first-order valence-electron chi connectivity index (χ1n) is 6.25. The van der Waals surface area contributed by atoms with Crippen LogP contribution in [0.3, 0.4) is 0 Å². The van der Waals surface area contributed by atoms with Gasteiger partial charge in [-0.1, -0.05) is 15.9 Å². The van der Waals surface area contributed by atoms with Crippen LogP contribution in [-0.4, -0.2) is 39.5 Å². The minimum absolute atomic E-state index is 0.133. The van der Waals surface area contributed by atoms with Crippen LogP contribution in [-0.2, 0) is 0 Å². The average molecular weight is 343 g/mol. The lowest BCUT2D eigenvalue weighted by molar-refractivity contribution is -0.385. The fraction of sp³-hybridized carbons (Fsp3) is 0.462. The molecule has 1 aromatic carbocycles. The summed E-state index contributed by atoms with van der Waals surface area (Å²) in [5.41, 5.74) is -0.776. The summed E-state index contributed by atoms with van der Waals surface area (Å²) in [5.74, 6) is -0.297. The fourth-order valence-corrected chi connectivity index (χ4v) is 2.86. The summed E-state index contributed by atoms with van der Waals surface area (Å²) in [6.45, 7) is 2.48. The van der Waals surface area contributed by atoms with Crippen LogP contribution < -0.4 is 0 Å². The number of nitro benzene ring substituents is 1. The normalized spacial score (nSPS) is 22.6. The molecular weight excluding hydrogens is 328 g/mol. The van der Waals surface area contributed by atoms with Gasteiger partial charge in [0.1, 0.15) is 0 Å². The zero-order chi connectivity index (χ0) is 14.9. The summed E-state index contributed by atoms with van der Waals surface area (Å²) in [6, 6.07) is 4.16. The number of carbonyl (C=O) groups excluding carboxylic acids is 1. The molecule has 0 aliphatic carbocycles. The van der Waals surface area contributed by atoms with Crippen molar-refractivity contribution in [3.63, 3.8) is 0 Å². The summed E-state index contributed by atoms with van der Waals surface area (Å²) in [4.78, 5) is 24.2. The van der Waals surface area contributed by atoms with Gasteiger partial charge in [0, 0.05) is 35.3 Å². The van der Waals surface area contributed by atoms with Gasteiger partial charge in [-0.15, -0.1) is 0 Å². The highest BCUT2D eigenvalue weighted by Crippen LogP contribution is 2.25. The molecule has 1 saturated heterocycles. The van der Waals surface area contributed by atoms with Crippen molar-refractivity contribution >= 4 is 27.5 Å². The van der Waals surface area contributed by atoms with Crippen LogP contribution in [0.4, 0.5) is 5.69 Å². The van der Waals surface area contributed by atoms with E-state index in [1.807, 2.05) is 0 Å². The SMILES string of the molecule is CC1(O)CCCN(C(=O)c2cc(Br)cc([N+](=O)[O-])c2)C1. The molecule has 1 N–H and O–H groups in total. The molecule has 1 heterocycles. The van der Waals surface area contributed by atoms with E-state index in [-0.39, 0.29) is 23.7 Å². The zero-order valence-electron chi connectivity index (χ0n) is 11.0. The fourth-order valence-electron chi connectivity index (χ4n) is 2.38. The van der Waals surface area contributed by atoms with Gasteiger partial charge in [-0.25, -0.2) is 0 Å². The number of amides is 1. The van der Waals surface area contributed by atoms with Crippen LogP contribution in [0.1, 0.15) is 30.1 Å². The number of non-ortho nitro benzene ring substituents is 1. The largest absolute Gasteiger partial charge is 0.388 e. The third-order valence-corrected chi connectivity index (χ3v) is 3.76. The minimum Gasteiger partial charge on any atom is -0.388 e.